The molecule has 0 saturated carbocycles. The van der Waals surface area contributed by atoms with E-state index >= 15 is 0 Å². The Morgan fingerprint density at radius 1 is 0.710 bits per heavy atom. The van der Waals surface area contributed by atoms with Crippen LogP contribution in [0, 0.1) is 0 Å². The molecule has 0 bridgehead atoms. The largest absolute Gasteiger partial charge is 0.338 e. The van der Waals surface area contributed by atoms with Gasteiger partial charge in [0.2, 0.25) is 0 Å². The van der Waals surface area contributed by atoms with Crippen LogP contribution < -0.4 is 5.32 Å². The number of aliphatic imine (C=N–C) groups is 2. The van der Waals surface area contributed by atoms with E-state index in [4.69, 9.17) is 9.98 Å². The lowest BCUT2D eigenvalue weighted by Crippen LogP contribution is -2.15. The average molecular weight is 405 g/mol. The van der Waals surface area contributed by atoms with Crippen LogP contribution in [0.4, 0.5) is 11.4 Å². The van der Waals surface area contributed by atoms with E-state index < -0.39 is 0 Å². The van der Waals surface area contributed by atoms with Gasteiger partial charge in [0, 0.05) is 28.9 Å². The van der Waals surface area contributed by atoms with Gasteiger partial charge < -0.3 is 5.32 Å². The maximum Gasteiger partial charge on any atom is 0.162 e. The van der Waals surface area contributed by atoms with E-state index in [0.29, 0.717) is 5.84 Å². The van der Waals surface area contributed by atoms with Crippen LogP contribution in [0.2, 0.25) is 0 Å². The van der Waals surface area contributed by atoms with Crippen molar-refractivity contribution in [3.63, 3.8) is 0 Å². The van der Waals surface area contributed by atoms with Gasteiger partial charge in [-0.2, -0.15) is 0 Å². The molecule has 0 saturated heterocycles. The monoisotopic (exact) mass is 404 g/mol. The van der Waals surface area contributed by atoms with E-state index in [1.807, 2.05) is 24.3 Å². The van der Waals surface area contributed by atoms with Crippen molar-refractivity contribution in [1.29, 1.82) is 0 Å². The normalized spacial score (nSPS) is 13.6. The lowest BCUT2D eigenvalue weighted by Gasteiger charge is -2.19. The van der Waals surface area contributed by atoms with Gasteiger partial charge in [0.05, 0.1) is 11.4 Å². The maximum atomic E-state index is 5.06. The van der Waals surface area contributed by atoms with Gasteiger partial charge in [-0.15, -0.1) is 0 Å². The van der Waals surface area contributed by atoms with Crippen molar-refractivity contribution in [1.82, 2.24) is 4.98 Å². The van der Waals surface area contributed by atoms with Crippen LogP contribution >= 0.6 is 0 Å². The van der Waals surface area contributed by atoms with Crippen molar-refractivity contribution in [2.24, 2.45) is 9.98 Å². The SMILES string of the molecule is CC(C)(C)c1ccc(C2=Nc3c(ccc4ccccc34)NC(c3ccncc3)=N2)cc1. The molecule has 152 valence electrons. The van der Waals surface area contributed by atoms with Crippen molar-refractivity contribution in [2.45, 2.75) is 26.2 Å². The molecule has 1 aliphatic rings. The molecule has 1 N–H and O–H groups in total. The van der Waals surface area contributed by atoms with E-state index in [1.165, 1.54) is 5.56 Å². The fraction of sp³-hybridized carbons (Fsp3) is 0.148. The van der Waals surface area contributed by atoms with Crippen molar-refractivity contribution >= 4 is 33.8 Å². The number of rotatable bonds is 2. The molecule has 3 aromatic carbocycles. The number of fused-ring (bicyclic) bond motifs is 3. The number of aromatic nitrogens is 1. The van der Waals surface area contributed by atoms with Gasteiger partial charge in [0.25, 0.3) is 0 Å². The number of benzene rings is 3. The Kier molecular flexibility index (Phi) is 4.63. The fourth-order valence-corrected chi connectivity index (χ4v) is 3.76. The molecule has 0 unspecified atom stereocenters. The summed E-state index contributed by atoms with van der Waals surface area (Å²) < 4.78 is 0. The number of hydrogen-bond acceptors (Lipinski definition) is 4. The molecule has 31 heavy (non-hydrogen) atoms. The second-order valence-corrected chi connectivity index (χ2v) is 8.77. The summed E-state index contributed by atoms with van der Waals surface area (Å²) in [6.45, 7) is 6.66. The number of pyridine rings is 1. The minimum absolute atomic E-state index is 0.0968. The van der Waals surface area contributed by atoms with Gasteiger partial charge in [0.15, 0.2) is 5.84 Å². The molecular formula is C27H24N4. The Morgan fingerprint density at radius 2 is 1.45 bits per heavy atom. The van der Waals surface area contributed by atoms with Gasteiger partial charge in [-0.05, 0) is 34.6 Å². The van der Waals surface area contributed by atoms with Gasteiger partial charge >= 0.3 is 0 Å². The summed E-state index contributed by atoms with van der Waals surface area (Å²) in [5.41, 5.74) is 5.18. The van der Waals surface area contributed by atoms with Crippen LogP contribution in [0.3, 0.4) is 0 Å². The Hall–Kier alpha value is -3.79. The molecule has 0 spiro atoms. The van der Waals surface area contributed by atoms with E-state index in [2.05, 4.69) is 79.6 Å². The third kappa shape index (κ3) is 3.73. The molecule has 0 fully saturated rings. The first-order chi connectivity index (χ1) is 15.0. The highest BCUT2D eigenvalue weighted by Crippen LogP contribution is 2.36. The summed E-state index contributed by atoms with van der Waals surface area (Å²) in [5.74, 6) is 1.45. The van der Waals surface area contributed by atoms with E-state index in [9.17, 15) is 0 Å². The van der Waals surface area contributed by atoms with Gasteiger partial charge in [-0.1, -0.05) is 75.4 Å². The molecule has 4 heteroatoms. The zero-order valence-electron chi connectivity index (χ0n) is 17.9. The number of hydrogen-bond donors (Lipinski definition) is 1. The minimum atomic E-state index is 0.0968. The Labute approximate surface area is 182 Å². The summed E-state index contributed by atoms with van der Waals surface area (Å²) in [6, 6.07) is 25.0. The lowest BCUT2D eigenvalue weighted by atomic mass is 9.86. The Morgan fingerprint density at radius 3 is 2.19 bits per heavy atom. The summed E-state index contributed by atoms with van der Waals surface area (Å²) in [7, 11) is 0. The van der Waals surface area contributed by atoms with Crippen LogP contribution in [0.25, 0.3) is 10.8 Å². The second kappa shape index (κ2) is 7.47. The van der Waals surface area contributed by atoms with E-state index in [0.717, 1.165) is 39.1 Å². The summed E-state index contributed by atoms with van der Waals surface area (Å²) >= 11 is 0. The van der Waals surface area contributed by atoms with E-state index in [-0.39, 0.29) is 5.41 Å². The van der Waals surface area contributed by atoms with Gasteiger partial charge in [0.1, 0.15) is 5.84 Å². The molecule has 1 aromatic heterocycles. The molecule has 2 heterocycles. The molecule has 0 atom stereocenters. The highest BCUT2D eigenvalue weighted by molar-refractivity contribution is 6.21. The lowest BCUT2D eigenvalue weighted by molar-refractivity contribution is 0.590. The van der Waals surface area contributed by atoms with Crippen molar-refractivity contribution in [2.75, 3.05) is 5.32 Å². The van der Waals surface area contributed by atoms with Crippen LogP contribution in [-0.4, -0.2) is 16.7 Å². The molecule has 5 rings (SSSR count). The fourth-order valence-electron chi connectivity index (χ4n) is 3.76. The van der Waals surface area contributed by atoms with Crippen LogP contribution in [-0.2, 0) is 5.41 Å². The van der Waals surface area contributed by atoms with Crippen molar-refractivity contribution < 1.29 is 0 Å². The molecule has 4 nitrogen and oxygen atoms in total. The van der Waals surface area contributed by atoms with Crippen molar-refractivity contribution in [3.8, 4) is 0 Å². The first kappa shape index (κ1) is 19.2. The molecule has 0 amide bonds. The Balaban J connectivity index is 1.71. The summed E-state index contributed by atoms with van der Waals surface area (Å²) in [6.07, 6.45) is 3.56. The smallest absolute Gasteiger partial charge is 0.162 e. The topological polar surface area (TPSA) is 49.6 Å². The zero-order valence-corrected chi connectivity index (χ0v) is 17.9. The predicted molar refractivity (Wildman–Crippen MR) is 130 cm³/mol. The average Bonchev–Trinajstić information content (AvgIpc) is 2.99. The maximum absolute atomic E-state index is 5.06. The highest BCUT2D eigenvalue weighted by Gasteiger charge is 2.18. The number of nitrogens with zero attached hydrogens (tertiary/aromatic N) is 3. The number of nitrogens with one attached hydrogen (secondary N) is 1. The quantitative estimate of drug-likeness (QED) is 0.415. The third-order valence-electron chi connectivity index (χ3n) is 5.55. The predicted octanol–water partition coefficient (Wildman–Crippen LogP) is 6.48. The minimum Gasteiger partial charge on any atom is -0.338 e. The zero-order chi connectivity index (χ0) is 21.4. The summed E-state index contributed by atoms with van der Waals surface area (Å²) in [4.78, 5) is 14.2. The van der Waals surface area contributed by atoms with Crippen molar-refractivity contribution in [3.05, 3.63) is 102 Å². The third-order valence-corrected chi connectivity index (χ3v) is 5.55. The van der Waals surface area contributed by atoms with Crippen LogP contribution in [0.1, 0.15) is 37.5 Å². The summed E-state index contributed by atoms with van der Waals surface area (Å²) in [5, 5.41) is 5.76. The number of amidine groups is 2. The van der Waals surface area contributed by atoms with Crippen LogP contribution in [0.15, 0.2) is 95.2 Å². The molecule has 1 aliphatic heterocycles. The molecule has 4 aromatic rings. The molecular weight excluding hydrogens is 380 g/mol. The standard InChI is InChI=1S/C27H24N4/c1-27(2,3)21-11-8-19(9-12-21)26-30-24-22-7-5-4-6-18(22)10-13-23(24)29-25(31-26)20-14-16-28-17-15-20/h4-17H,1-3H3,(H,29,30,31). The first-order valence-corrected chi connectivity index (χ1v) is 10.5. The number of anilines is 1. The van der Waals surface area contributed by atoms with Gasteiger partial charge in [-0.25, -0.2) is 9.98 Å². The highest BCUT2D eigenvalue weighted by atomic mass is 15.1. The van der Waals surface area contributed by atoms with Crippen LogP contribution in [0.5, 0.6) is 0 Å². The van der Waals surface area contributed by atoms with E-state index in [1.54, 1.807) is 12.4 Å². The molecule has 0 aliphatic carbocycles. The Bertz CT molecular complexity index is 1310. The van der Waals surface area contributed by atoms with Gasteiger partial charge in [-0.3, -0.25) is 4.98 Å². The first-order valence-electron chi connectivity index (χ1n) is 10.5. The second-order valence-electron chi connectivity index (χ2n) is 8.77. The molecule has 0 radical (unpaired) electrons.